The van der Waals surface area contributed by atoms with Crippen LogP contribution in [0.25, 0.3) is 5.69 Å². The molecule has 0 unspecified atom stereocenters. The molecule has 0 radical (unpaired) electrons. The van der Waals surface area contributed by atoms with Crippen molar-refractivity contribution in [1.82, 2.24) is 9.78 Å². The van der Waals surface area contributed by atoms with Gasteiger partial charge in [-0.15, -0.1) is 0 Å². The van der Waals surface area contributed by atoms with E-state index in [0.717, 1.165) is 21.5 Å². The minimum absolute atomic E-state index is 0.00109. The Bertz CT molecular complexity index is 633. The Morgan fingerprint density at radius 1 is 1.44 bits per heavy atom. The molecule has 94 valence electrons. The molecule has 0 spiro atoms. The molecule has 0 aliphatic rings. The number of rotatable bonds is 2. The second-order valence-electron chi connectivity index (χ2n) is 3.97. The molecule has 2 aromatic rings. The maximum absolute atomic E-state index is 7.62. The van der Waals surface area contributed by atoms with Gasteiger partial charge in [-0.1, -0.05) is 27.5 Å². The first-order valence-electron chi connectivity index (χ1n) is 5.28. The summed E-state index contributed by atoms with van der Waals surface area (Å²) in [4.78, 5) is 0. The van der Waals surface area contributed by atoms with Crippen LogP contribution in [0.3, 0.4) is 0 Å². The lowest BCUT2D eigenvalue weighted by Gasteiger charge is -2.10. The second-order valence-corrected chi connectivity index (χ2v) is 5.27. The van der Waals surface area contributed by atoms with Gasteiger partial charge in [-0.3, -0.25) is 5.41 Å². The third kappa shape index (κ3) is 2.15. The first-order chi connectivity index (χ1) is 8.41. The molecule has 0 saturated carbocycles. The lowest BCUT2D eigenvalue weighted by atomic mass is 10.1. The zero-order valence-corrected chi connectivity index (χ0v) is 12.3. The summed E-state index contributed by atoms with van der Waals surface area (Å²) in [7, 11) is 0. The summed E-state index contributed by atoms with van der Waals surface area (Å²) in [5.74, 6) is 0.00109. The summed E-state index contributed by atoms with van der Waals surface area (Å²) >= 11 is 9.55. The van der Waals surface area contributed by atoms with Crippen molar-refractivity contribution in [3.8, 4) is 5.69 Å². The van der Waals surface area contributed by atoms with Crippen molar-refractivity contribution < 1.29 is 0 Å². The molecule has 0 saturated heterocycles. The van der Waals surface area contributed by atoms with Crippen LogP contribution in [0.5, 0.6) is 0 Å². The van der Waals surface area contributed by atoms with Crippen LogP contribution < -0.4 is 5.73 Å². The molecule has 18 heavy (non-hydrogen) atoms. The minimum Gasteiger partial charge on any atom is -0.384 e. The monoisotopic (exact) mass is 326 g/mol. The summed E-state index contributed by atoms with van der Waals surface area (Å²) in [6.07, 6.45) is 0. The molecule has 0 bridgehead atoms. The number of hydrogen-bond donors (Lipinski definition) is 2. The zero-order valence-electron chi connectivity index (χ0n) is 9.96. The quantitative estimate of drug-likeness (QED) is 0.657. The lowest BCUT2D eigenvalue weighted by molar-refractivity contribution is 0.831. The first-order valence-corrected chi connectivity index (χ1v) is 6.45. The molecular formula is C12H12BrClN4. The van der Waals surface area contributed by atoms with Crippen molar-refractivity contribution in [2.75, 3.05) is 0 Å². The molecule has 6 heteroatoms. The number of benzene rings is 1. The molecule has 1 aromatic carbocycles. The van der Waals surface area contributed by atoms with Crippen molar-refractivity contribution in [2.24, 2.45) is 5.73 Å². The zero-order chi connectivity index (χ0) is 13.4. The highest BCUT2D eigenvalue weighted by Crippen LogP contribution is 2.26. The van der Waals surface area contributed by atoms with Gasteiger partial charge in [0.05, 0.1) is 22.1 Å². The summed E-state index contributed by atoms with van der Waals surface area (Å²) in [6, 6.07) is 5.49. The van der Waals surface area contributed by atoms with E-state index >= 15 is 0 Å². The maximum Gasteiger partial charge on any atom is 0.124 e. The molecule has 3 N–H and O–H groups in total. The van der Waals surface area contributed by atoms with Crippen LogP contribution in [0.15, 0.2) is 22.7 Å². The molecule has 0 atom stereocenters. The normalized spacial score (nSPS) is 10.7. The van der Waals surface area contributed by atoms with Crippen molar-refractivity contribution in [3.63, 3.8) is 0 Å². The number of nitrogen functional groups attached to an aromatic ring is 1. The van der Waals surface area contributed by atoms with Gasteiger partial charge < -0.3 is 5.73 Å². The Morgan fingerprint density at radius 3 is 2.61 bits per heavy atom. The summed E-state index contributed by atoms with van der Waals surface area (Å²) in [5, 5.41) is 12.6. The van der Waals surface area contributed by atoms with Gasteiger partial charge in [-0.2, -0.15) is 5.10 Å². The van der Waals surface area contributed by atoms with Crippen LogP contribution in [-0.4, -0.2) is 15.6 Å². The molecule has 1 aromatic heterocycles. The van der Waals surface area contributed by atoms with E-state index in [1.165, 1.54) is 0 Å². The van der Waals surface area contributed by atoms with Gasteiger partial charge in [-0.05, 0) is 32.0 Å². The Morgan fingerprint density at radius 2 is 2.11 bits per heavy atom. The van der Waals surface area contributed by atoms with Crippen LogP contribution in [0, 0.1) is 19.3 Å². The van der Waals surface area contributed by atoms with Gasteiger partial charge in [0.15, 0.2) is 0 Å². The Hall–Kier alpha value is -1.33. The number of hydrogen-bond acceptors (Lipinski definition) is 2. The number of aryl methyl sites for hydroxylation is 1. The Kier molecular flexibility index (Phi) is 3.45. The molecular weight excluding hydrogens is 316 g/mol. The molecule has 1 heterocycles. The van der Waals surface area contributed by atoms with Crippen LogP contribution in [0.1, 0.15) is 17.0 Å². The highest BCUT2D eigenvalue weighted by Gasteiger charge is 2.15. The van der Waals surface area contributed by atoms with Crippen LogP contribution >= 0.6 is 27.5 Å². The predicted octanol–water partition coefficient (Wildman–Crippen LogP) is 3.19. The van der Waals surface area contributed by atoms with Crippen molar-refractivity contribution in [1.29, 1.82) is 5.41 Å². The first kappa shape index (κ1) is 13.1. The highest BCUT2D eigenvalue weighted by atomic mass is 79.9. The average molecular weight is 328 g/mol. The average Bonchev–Trinajstić information content (AvgIpc) is 2.56. The molecule has 0 aliphatic heterocycles. The summed E-state index contributed by atoms with van der Waals surface area (Å²) < 4.78 is 2.60. The number of nitrogens with one attached hydrogen (secondary N) is 1. The van der Waals surface area contributed by atoms with E-state index in [4.69, 9.17) is 22.7 Å². The van der Waals surface area contributed by atoms with E-state index < -0.39 is 0 Å². The smallest absolute Gasteiger partial charge is 0.124 e. The Balaban J connectivity index is 2.73. The third-order valence-electron chi connectivity index (χ3n) is 2.68. The number of nitrogens with two attached hydrogens (primary N) is 1. The van der Waals surface area contributed by atoms with E-state index in [-0.39, 0.29) is 5.84 Å². The topological polar surface area (TPSA) is 67.7 Å². The fourth-order valence-corrected chi connectivity index (χ4v) is 2.23. The number of nitrogens with zero attached hydrogens (tertiary/aromatic N) is 2. The summed E-state index contributed by atoms with van der Waals surface area (Å²) in [6.45, 7) is 3.73. The van der Waals surface area contributed by atoms with Crippen LogP contribution in [0.4, 0.5) is 0 Å². The third-order valence-corrected chi connectivity index (χ3v) is 3.72. The van der Waals surface area contributed by atoms with E-state index in [1.54, 1.807) is 10.7 Å². The largest absolute Gasteiger partial charge is 0.384 e. The SMILES string of the molecule is Cc1nn(-c2cc(Br)ccc2C(=N)N)c(C)c1Cl. The number of aromatic nitrogens is 2. The van der Waals surface area contributed by atoms with E-state index in [1.807, 2.05) is 26.0 Å². The maximum atomic E-state index is 7.62. The molecule has 0 aliphatic carbocycles. The minimum atomic E-state index is 0.00109. The number of halogens is 2. The fraction of sp³-hybridized carbons (Fsp3) is 0.167. The van der Waals surface area contributed by atoms with Gasteiger partial charge in [0, 0.05) is 10.0 Å². The predicted molar refractivity (Wildman–Crippen MR) is 76.8 cm³/mol. The van der Waals surface area contributed by atoms with Gasteiger partial charge in [0.2, 0.25) is 0 Å². The Labute approximate surface area is 118 Å². The van der Waals surface area contributed by atoms with Gasteiger partial charge in [0.25, 0.3) is 0 Å². The lowest BCUT2D eigenvalue weighted by Crippen LogP contribution is -2.15. The number of amidine groups is 1. The molecule has 2 rings (SSSR count). The van der Waals surface area contributed by atoms with E-state index in [0.29, 0.717) is 10.6 Å². The van der Waals surface area contributed by atoms with Crippen molar-refractivity contribution >= 4 is 33.4 Å². The highest BCUT2D eigenvalue weighted by molar-refractivity contribution is 9.10. The molecule has 0 fully saturated rings. The van der Waals surface area contributed by atoms with Gasteiger partial charge in [0.1, 0.15) is 5.84 Å². The van der Waals surface area contributed by atoms with E-state index in [9.17, 15) is 0 Å². The summed E-state index contributed by atoms with van der Waals surface area (Å²) in [5.41, 5.74) is 8.54. The van der Waals surface area contributed by atoms with Crippen molar-refractivity contribution in [2.45, 2.75) is 13.8 Å². The van der Waals surface area contributed by atoms with Gasteiger partial charge >= 0.3 is 0 Å². The van der Waals surface area contributed by atoms with Gasteiger partial charge in [-0.25, -0.2) is 4.68 Å². The van der Waals surface area contributed by atoms with Crippen LogP contribution in [-0.2, 0) is 0 Å². The second kappa shape index (κ2) is 4.74. The van der Waals surface area contributed by atoms with E-state index in [2.05, 4.69) is 21.0 Å². The molecule has 4 nitrogen and oxygen atoms in total. The molecule has 0 amide bonds. The van der Waals surface area contributed by atoms with Crippen molar-refractivity contribution in [3.05, 3.63) is 44.6 Å². The fourth-order valence-electron chi connectivity index (χ4n) is 1.77. The van der Waals surface area contributed by atoms with Crippen LogP contribution in [0.2, 0.25) is 5.02 Å². The standard InChI is InChI=1S/C12H12BrClN4/c1-6-11(14)7(2)18(17-6)10-5-8(13)3-4-9(10)12(15)16/h3-5H,1-2H3,(H3,15,16).